The van der Waals surface area contributed by atoms with Gasteiger partial charge >= 0.3 is 0 Å². The maximum Gasteiger partial charge on any atom is 0.280 e. The fourth-order valence-electron chi connectivity index (χ4n) is 1.48. The molecule has 0 radical (unpaired) electrons. The zero-order chi connectivity index (χ0) is 15.1. The smallest absolute Gasteiger partial charge is 0.280 e. The fraction of sp³-hybridized carbons (Fsp3) is 0.133. The highest BCUT2D eigenvalue weighted by Crippen LogP contribution is 2.16. The van der Waals surface area contributed by atoms with Crippen LogP contribution in [0.3, 0.4) is 0 Å². The van der Waals surface area contributed by atoms with Crippen LogP contribution in [-0.2, 0) is 4.79 Å². The molecule has 0 aliphatic carbocycles. The van der Waals surface area contributed by atoms with Gasteiger partial charge in [0.25, 0.3) is 5.91 Å². The minimum Gasteiger partial charge on any atom is -0.481 e. The molecule has 0 unspecified atom stereocenters. The molecule has 2 aromatic rings. The Kier molecular flexibility index (Phi) is 5.29. The van der Waals surface area contributed by atoms with Gasteiger partial charge in [-0.1, -0.05) is 17.7 Å². The van der Waals surface area contributed by atoms with Crippen LogP contribution in [0.5, 0.6) is 5.75 Å². The van der Waals surface area contributed by atoms with Gasteiger partial charge in [0.1, 0.15) is 5.75 Å². The van der Waals surface area contributed by atoms with Crippen molar-refractivity contribution in [3.63, 3.8) is 0 Å². The van der Waals surface area contributed by atoms with Gasteiger partial charge in [0.2, 0.25) is 0 Å². The highest BCUT2D eigenvalue weighted by molar-refractivity contribution is 6.30. The summed E-state index contributed by atoms with van der Waals surface area (Å²) in [4.78, 5) is 15.9. The Bertz CT molecular complexity index is 615. The number of carbonyl (C=O) groups excluding carboxylic acids is 1. The van der Waals surface area contributed by atoms with Crippen LogP contribution >= 0.6 is 11.6 Å². The lowest BCUT2D eigenvalue weighted by Gasteiger charge is -2.12. The summed E-state index contributed by atoms with van der Waals surface area (Å²) in [6, 6.07) is 12.2. The highest BCUT2D eigenvalue weighted by Gasteiger charge is 2.13. The number of amides is 1. The Morgan fingerprint density at radius 2 is 2.10 bits per heavy atom. The maximum atomic E-state index is 11.8. The Labute approximate surface area is 127 Å². The quantitative estimate of drug-likeness (QED) is 0.682. The third-order valence-electron chi connectivity index (χ3n) is 2.56. The molecule has 1 aromatic carbocycles. The summed E-state index contributed by atoms with van der Waals surface area (Å²) in [6.07, 6.45) is 2.44. The molecule has 2 rings (SSSR count). The van der Waals surface area contributed by atoms with Crippen molar-refractivity contribution >= 4 is 23.7 Å². The molecule has 0 fully saturated rings. The summed E-state index contributed by atoms with van der Waals surface area (Å²) in [5.41, 5.74) is 3.06. The molecule has 0 aliphatic heterocycles. The summed E-state index contributed by atoms with van der Waals surface area (Å²) in [5, 5.41) is 4.44. The van der Waals surface area contributed by atoms with Crippen molar-refractivity contribution in [2.45, 2.75) is 13.0 Å². The molecule has 0 saturated heterocycles. The van der Waals surface area contributed by atoms with E-state index in [0.717, 1.165) is 0 Å². The number of hydrogen-bond donors (Lipinski definition) is 1. The van der Waals surface area contributed by atoms with Gasteiger partial charge in [-0.2, -0.15) is 5.10 Å². The second-order valence-corrected chi connectivity index (χ2v) is 4.64. The number of nitrogens with zero attached hydrogens (tertiary/aromatic N) is 2. The Morgan fingerprint density at radius 3 is 2.76 bits per heavy atom. The zero-order valence-electron chi connectivity index (χ0n) is 11.4. The highest BCUT2D eigenvalue weighted by atomic mass is 35.5. The van der Waals surface area contributed by atoms with Crippen molar-refractivity contribution in [2.24, 2.45) is 5.10 Å². The number of hydrazone groups is 1. The van der Waals surface area contributed by atoms with E-state index in [1.807, 2.05) is 6.07 Å². The third-order valence-corrected chi connectivity index (χ3v) is 2.81. The van der Waals surface area contributed by atoms with Gasteiger partial charge in [0.15, 0.2) is 6.10 Å². The molecule has 0 saturated carbocycles. The van der Waals surface area contributed by atoms with E-state index in [1.54, 1.807) is 49.5 Å². The average Bonchev–Trinajstić information content (AvgIpc) is 2.50. The van der Waals surface area contributed by atoms with Crippen LogP contribution in [0.2, 0.25) is 5.02 Å². The van der Waals surface area contributed by atoms with Crippen molar-refractivity contribution in [1.82, 2.24) is 10.4 Å². The van der Waals surface area contributed by atoms with E-state index in [0.29, 0.717) is 16.5 Å². The molecule has 1 amide bonds. The molecule has 6 heteroatoms. The van der Waals surface area contributed by atoms with Crippen LogP contribution in [0, 0.1) is 0 Å². The Balaban J connectivity index is 1.85. The third kappa shape index (κ3) is 4.89. The number of rotatable bonds is 5. The van der Waals surface area contributed by atoms with Crippen LogP contribution in [0.25, 0.3) is 0 Å². The summed E-state index contributed by atoms with van der Waals surface area (Å²) in [5.74, 6) is 0.216. The zero-order valence-corrected chi connectivity index (χ0v) is 12.1. The monoisotopic (exact) mass is 303 g/mol. The molecular weight excluding hydrogens is 290 g/mol. The normalized spacial score (nSPS) is 12.1. The Hall–Kier alpha value is -2.40. The molecule has 1 aromatic heterocycles. The van der Waals surface area contributed by atoms with Gasteiger partial charge in [-0.05, 0) is 43.3 Å². The number of halogens is 1. The second-order valence-electron chi connectivity index (χ2n) is 4.20. The number of carbonyl (C=O) groups is 1. The van der Waals surface area contributed by atoms with Gasteiger partial charge in [-0.15, -0.1) is 0 Å². The van der Waals surface area contributed by atoms with E-state index in [4.69, 9.17) is 16.3 Å². The molecule has 0 spiro atoms. The molecule has 21 heavy (non-hydrogen) atoms. The predicted molar refractivity (Wildman–Crippen MR) is 81.5 cm³/mol. The molecule has 1 atom stereocenters. The van der Waals surface area contributed by atoms with Crippen molar-refractivity contribution in [2.75, 3.05) is 0 Å². The number of benzene rings is 1. The SMILES string of the molecule is C[C@H](Oc1ccc(Cl)cc1)C(=O)N/N=C\c1ccccn1. The lowest BCUT2D eigenvalue weighted by Crippen LogP contribution is -2.33. The van der Waals surface area contributed by atoms with Crippen molar-refractivity contribution in [3.05, 3.63) is 59.4 Å². The maximum absolute atomic E-state index is 11.8. The first-order valence-corrected chi connectivity index (χ1v) is 6.69. The number of nitrogens with one attached hydrogen (secondary N) is 1. The molecule has 108 valence electrons. The minimum absolute atomic E-state index is 0.350. The molecule has 0 bridgehead atoms. The average molecular weight is 304 g/mol. The van der Waals surface area contributed by atoms with Crippen molar-refractivity contribution < 1.29 is 9.53 Å². The molecule has 0 aliphatic rings. The lowest BCUT2D eigenvalue weighted by atomic mass is 10.3. The number of aromatic nitrogens is 1. The number of hydrogen-bond acceptors (Lipinski definition) is 4. The first kappa shape index (κ1) is 15.0. The van der Waals surface area contributed by atoms with Gasteiger partial charge in [-0.3, -0.25) is 9.78 Å². The first-order valence-electron chi connectivity index (χ1n) is 6.31. The van der Waals surface area contributed by atoms with Crippen LogP contribution < -0.4 is 10.2 Å². The van der Waals surface area contributed by atoms with E-state index in [9.17, 15) is 4.79 Å². The number of ether oxygens (including phenoxy) is 1. The molecule has 5 nitrogen and oxygen atoms in total. The van der Waals surface area contributed by atoms with E-state index in [1.165, 1.54) is 6.21 Å². The standard InChI is InChI=1S/C15H14ClN3O2/c1-11(21-14-7-5-12(16)6-8-14)15(20)19-18-10-13-4-2-3-9-17-13/h2-11H,1H3,(H,19,20)/b18-10-/t11-/m0/s1. The Morgan fingerprint density at radius 1 is 1.33 bits per heavy atom. The van der Waals surface area contributed by atoms with E-state index < -0.39 is 6.10 Å². The summed E-state index contributed by atoms with van der Waals surface area (Å²) >= 11 is 5.78. The topological polar surface area (TPSA) is 63.6 Å². The lowest BCUT2D eigenvalue weighted by molar-refractivity contribution is -0.127. The summed E-state index contributed by atoms with van der Waals surface area (Å²) < 4.78 is 5.47. The molecule has 1 N–H and O–H groups in total. The summed E-state index contributed by atoms with van der Waals surface area (Å²) in [7, 11) is 0. The van der Waals surface area contributed by atoms with Crippen LogP contribution in [0.15, 0.2) is 53.8 Å². The summed E-state index contributed by atoms with van der Waals surface area (Å²) in [6.45, 7) is 1.64. The van der Waals surface area contributed by atoms with Gasteiger partial charge in [0, 0.05) is 11.2 Å². The van der Waals surface area contributed by atoms with Crippen LogP contribution in [0.1, 0.15) is 12.6 Å². The molecule has 1 heterocycles. The van der Waals surface area contributed by atoms with Gasteiger partial charge in [0.05, 0.1) is 11.9 Å². The van der Waals surface area contributed by atoms with E-state index >= 15 is 0 Å². The van der Waals surface area contributed by atoms with Crippen LogP contribution in [-0.4, -0.2) is 23.2 Å². The van der Waals surface area contributed by atoms with E-state index in [-0.39, 0.29) is 5.91 Å². The predicted octanol–water partition coefficient (Wildman–Crippen LogP) is 2.65. The van der Waals surface area contributed by atoms with Crippen molar-refractivity contribution in [3.8, 4) is 5.75 Å². The van der Waals surface area contributed by atoms with E-state index in [2.05, 4.69) is 15.5 Å². The van der Waals surface area contributed by atoms with Crippen molar-refractivity contribution in [1.29, 1.82) is 0 Å². The second kappa shape index (κ2) is 7.40. The first-order chi connectivity index (χ1) is 10.1. The van der Waals surface area contributed by atoms with Crippen LogP contribution in [0.4, 0.5) is 0 Å². The largest absolute Gasteiger partial charge is 0.481 e. The van der Waals surface area contributed by atoms with Gasteiger partial charge < -0.3 is 4.74 Å². The minimum atomic E-state index is -0.674. The number of pyridine rings is 1. The fourth-order valence-corrected chi connectivity index (χ4v) is 1.60. The molecular formula is C15H14ClN3O2. The van der Waals surface area contributed by atoms with Gasteiger partial charge in [-0.25, -0.2) is 5.43 Å².